The third kappa shape index (κ3) is 4.58. The highest BCUT2D eigenvalue weighted by Crippen LogP contribution is 2.56. The molecule has 0 aliphatic carbocycles. The zero-order valence-electron chi connectivity index (χ0n) is 20.4. The predicted molar refractivity (Wildman–Crippen MR) is 135 cm³/mol. The van der Waals surface area contributed by atoms with Crippen molar-refractivity contribution in [1.29, 1.82) is 0 Å². The van der Waals surface area contributed by atoms with Crippen molar-refractivity contribution in [2.45, 2.75) is 69.3 Å². The van der Waals surface area contributed by atoms with Crippen LogP contribution >= 0.6 is 11.8 Å². The van der Waals surface area contributed by atoms with E-state index >= 15 is 0 Å². The molecule has 7 heteroatoms. The predicted octanol–water partition coefficient (Wildman–Crippen LogP) is 4.44. The Balaban J connectivity index is 1.53. The molecule has 4 rings (SSSR count). The molecular weight excluding hydrogens is 446 g/mol. The molecule has 1 saturated heterocycles. The first-order valence-corrected chi connectivity index (χ1v) is 12.7. The molecule has 0 saturated carbocycles. The summed E-state index contributed by atoms with van der Waals surface area (Å²) in [7, 11) is 0. The summed E-state index contributed by atoms with van der Waals surface area (Å²) in [5.74, 6) is -0.412. The second-order valence-electron chi connectivity index (χ2n) is 10.1. The number of carbonyl (C=O) groups excluding carboxylic acids is 3. The first kappa shape index (κ1) is 24.3. The minimum atomic E-state index is -0.682. The fourth-order valence-electron chi connectivity index (χ4n) is 4.90. The molecule has 2 aromatic carbocycles. The Hall–Kier alpha value is -2.80. The van der Waals surface area contributed by atoms with Gasteiger partial charge in [-0.2, -0.15) is 0 Å². The average Bonchev–Trinajstić information content (AvgIpc) is 3.22. The molecule has 0 spiro atoms. The normalized spacial score (nSPS) is 22.2. The van der Waals surface area contributed by atoms with Gasteiger partial charge < -0.3 is 15.5 Å². The zero-order valence-corrected chi connectivity index (χ0v) is 21.2. The third-order valence-corrected chi connectivity index (χ3v) is 8.08. The summed E-state index contributed by atoms with van der Waals surface area (Å²) >= 11 is 1.62. The number of nitrogens with zero attached hydrogens (tertiary/aromatic N) is 1. The van der Waals surface area contributed by atoms with Crippen LogP contribution in [0.4, 0.5) is 0 Å². The van der Waals surface area contributed by atoms with Gasteiger partial charge in [-0.25, -0.2) is 0 Å². The maximum absolute atomic E-state index is 13.7. The molecular formula is C27H33N3O3S. The molecule has 2 N–H and O–H groups in total. The number of thioether (sulfide) groups is 1. The van der Waals surface area contributed by atoms with Crippen LogP contribution in [0.2, 0.25) is 0 Å². The van der Waals surface area contributed by atoms with Crippen LogP contribution < -0.4 is 10.6 Å². The fraction of sp³-hybridized carbons (Fsp3) is 0.444. The maximum atomic E-state index is 13.7. The minimum absolute atomic E-state index is 0.124. The molecule has 0 bridgehead atoms. The lowest BCUT2D eigenvalue weighted by atomic mass is 9.98. The largest absolute Gasteiger partial charge is 0.348 e. The van der Waals surface area contributed by atoms with Crippen LogP contribution in [0.25, 0.3) is 0 Å². The summed E-state index contributed by atoms with van der Waals surface area (Å²) < 4.78 is -0.492. The molecule has 2 heterocycles. The van der Waals surface area contributed by atoms with Crippen molar-refractivity contribution in [1.82, 2.24) is 15.5 Å². The molecule has 6 nitrogen and oxygen atoms in total. The zero-order chi connectivity index (χ0) is 24.6. The Morgan fingerprint density at radius 1 is 1.00 bits per heavy atom. The van der Waals surface area contributed by atoms with E-state index in [0.29, 0.717) is 12.0 Å². The van der Waals surface area contributed by atoms with Crippen molar-refractivity contribution in [2.75, 3.05) is 0 Å². The van der Waals surface area contributed by atoms with Crippen molar-refractivity contribution >= 4 is 29.5 Å². The Morgan fingerprint density at radius 2 is 1.65 bits per heavy atom. The molecule has 180 valence electrons. The van der Waals surface area contributed by atoms with E-state index in [1.54, 1.807) is 16.7 Å². The van der Waals surface area contributed by atoms with Gasteiger partial charge in [-0.05, 0) is 50.3 Å². The second-order valence-corrected chi connectivity index (χ2v) is 11.8. The van der Waals surface area contributed by atoms with Gasteiger partial charge in [0.15, 0.2) is 0 Å². The van der Waals surface area contributed by atoms with E-state index in [9.17, 15) is 14.4 Å². The third-order valence-electron chi connectivity index (χ3n) is 6.54. The Morgan fingerprint density at radius 3 is 2.32 bits per heavy atom. The molecule has 0 unspecified atom stereocenters. The molecule has 2 aromatic rings. The molecule has 0 radical (unpaired) electrons. The number of rotatable bonds is 7. The van der Waals surface area contributed by atoms with Gasteiger partial charge in [0.2, 0.25) is 11.8 Å². The molecule has 34 heavy (non-hydrogen) atoms. The smallest absolute Gasteiger partial charge is 0.256 e. The molecule has 4 atom stereocenters. The first-order valence-electron chi connectivity index (χ1n) is 11.8. The van der Waals surface area contributed by atoms with Crippen molar-refractivity contribution < 1.29 is 14.4 Å². The van der Waals surface area contributed by atoms with Crippen molar-refractivity contribution in [3.63, 3.8) is 0 Å². The van der Waals surface area contributed by atoms with Gasteiger partial charge in [0.05, 0.1) is 6.04 Å². The second kappa shape index (κ2) is 9.45. The number of hydrogen-bond donors (Lipinski definition) is 2. The van der Waals surface area contributed by atoms with Crippen molar-refractivity contribution in [2.24, 2.45) is 5.92 Å². The van der Waals surface area contributed by atoms with Gasteiger partial charge in [0.1, 0.15) is 17.5 Å². The first-order chi connectivity index (χ1) is 16.1. The number of fused-ring (bicyclic) bond motifs is 3. The Bertz CT molecular complexity index is 1090. The van der Waals surface area contributed by atoms with E-state index in [2.05, 4.69) is 10.6 Å². The maximum Gasteiger partial charge on any atom is 0.256 e. The standard InChI is InChI=1S/C27H33N3O3S/c1-16(2)15-21(23(31)28-17(3)18-11-7-6-8-12-18)29-24(32)22-27(4,5)34-26-20-14-10-9-13-19(20)25(33)30(22)26/h6-14,16-17,21-22,26H,15H2,1-5H3,(H,28,31)(H,29,32)/t17-,21-,22-,26+/m0/s1. The molecule has 2 aliphatic heterocycles. The summed E-state index contributed by atoms with van der Waals surface area (Å²) in [6.45, 7) is 9.97. The summed E-state index contributed by atoms with van der Waals surface area (Å²) in [6, 6.07) is 15.8. The lowest BCUT2D eigenvalue weighted by Crippen LogP contribution is -2.57. The number of amides is 3. The summed E-state index contributed by atoms with van der Waals surface area (Å²) in [5.41, 5.74) is 2.61. The molecule has 0 aromatic heterocycles. The summed E-state index contributed by atoms with van der Waals surface area (Å²) in [6.07, 6.45) is 0.511. The van der Waals surface area contributed by atoms with Gasteiger partial charge in [-0.3, -0.25) is 14.4 Å². The topological polar surface area (TPSA) is 78.5 Å². The molecule has 1 fully saturated rings. The fourth-order valence-corrected chi connectivity index (χ4v) is 6.49. The minimum Gasteiger partial charge on any atom is -0.348 e. The van der Waals surface area contributed by atoms with Crippen LogP contribution in [0.5, 0.6) is 0 Å². The van der Waals surface area contributed by atoms with Crippen LogP contribution in [0.3, 0.4) is 0 Å². The SMILES string of the molecule is CC(C)C[C@H](NC(=O)[C@@H]1N2C(=O)c3ccccc3[C@H]2SC1(C)C)C(=O)N[C@@H](C)c1ccccc1. The van der Waals surface area contributed by atoms with E-state index in [1.807, 2.05) is 89.2 Å². The van der Waals surface area contributed by atoms with Gasteiger partial charge >= 0.3 is 0 Å². The Kier molecular flexibility index (Phi) is 6.76. The highest BCUT2D eigenvalue weighted by Gasteiger charge is 2.57. The van der Waals surface area contributed by atoms with Gasteiger partial charge in [-0.1, -0.05) is 62.4 Å². The lowest BCUT2D eigenvalue weighted by molar-refractivity contribution is -0.132. The van der Waals surface area contributed by atoms with E-state index in [1.165, 1.54) is 0 Å². The number of hydrogen-bond acceptors (Lipinski definition) is 4. The number of benzene rings is 2. The van der Waals surface area contributed by atoms with Gasteiger partial charge in [0, 0.05) is 10.3 Å². The highest BCUT2D eigenvalue weighted by molar-refractivity contribution is 8.01. The van der Waals surface area contributed by atoms with Crippen LogP contribution in [-0.2, 0) is 9.59 Å². The van der Waals surface area contributed by atoms with Crippen LogP contribution in [0, 0.1) is 5.92 Å². The number of carbonyl (C=O) groups is 3. The van der Waals surface area contributed by atoms with E-state index in [0.717, 1.165) is 11.1 Å². The average molecular weight is 480 g/mol. The van der Waals surface area contributed by atoms with E-state index < -0.39 is 16.8 Å². The molecule has 2 aliphatic rings. The van der Waals surface area contributed by atoms with Crippen LogP contribution in [-0.4, -0.2) is 39.5 Å². The van der Waals surface area contributed by atoms with E-state index in [-0.39, 0.29) is 35.1 Å². The lowest BCUT2D eigenvalue weighted by Gasteiger charge is -2.31. The molecule has 3 amide bonds. The van der Waals surface area contributed by atoms with Gasteiger partial charge in [0.25, 0.3) is 5.91 Å². The van der Waals surface area contributed by atoms with E-state index in [4.69, 9.17) is 0 Å². The van der Waals surface area contributed by atoms with Crippen LogP contribution in [0.15, 0.2) is 54.6 Å². The quantitative estimate of drug-likeness (QED) is 0.615. The number of nitrogens with one attached hydrogen (secondary N) is 2. The van der Waals surface area contributed by atoms with Crippen molar-refractivity contribution in [3.05, 3.63) is 71.3 Å². The highest BCUT2D eigenvalue weighted by atomic mass is 32.2. The Labute approximate surface area is 205 Å². The monoisotopic (exact) mass is 479 g/mol. The van der Waals surface area contributed by atoms with Crippen LogP contribution in [0.1, 0.15) is 73.9 Å². The summed E-state index contributed by atoms with van der Waals surface area (Å²) in [4.78, 5) is 41.8. The summed E-state index contributed by atoms with van der Waals surface area (Å²) in [5, 5.41) is 5.86. The van der Waals surface area contributed by atoms with Gasteiger partial charge in [-0.15, -0.1) is 11.8 Å². The van der Waals surface area contributed by atoms with Crippen molar-refractivity contribution in [3.8, 4) is 0 Å².